The molecule has 32 heavy (non-hydrogen) atoms. The molecular weight excluding hydrogens is 416 g/mol. The first-order valence-electron chi connectivity index (χ1n) is 10.5. The number of nitrogens with one attached hydrogen (secondary N) is 2. The van der Waals surface area contributed by atoms with Crippen LogP contribution in [0.5, 0.6) is 0 Å². The molecule has 2 unspecified atom stereocenters. The number of benzene rings is 1. The number of fused-ring (bicyclic) bond motifs is 2. The number of rotatable bonds is 5. The molecule has 0 saturated carbocycles. The summed E-state index contributed by atoms with van der Waals surface area (Å²) in [5.74, 6) is -0.981. The van der Waals surface area contributed by atoms with Crippen LogP contribution in [0.3, 0.4) is 0 Å². The van der Waals surface area contributed by atoms with Gasteiger partial charge in [0.05, 0.1) is 24.5 Å². The minimum absolute atomic E-state index is 0.0803. The average Bonchev–Trinajstić information content (AvgIpc) is 3.18. The molecule has 0 radical (unpaired) electrons. The predicted octanol–water partition coefficient (Wildman–Crippen LogP) is -0.144. The van der Waals surface area contributed by atoms with Crippen molar-refractivity contribution in [3.05, 3.63) is 35.4 Å². The van der Waals surface area contributed by atoms with Crippen molar-refractivity contribution < 1.29 is 28.7 Å². The molecule has 2 saturated heterocycles. The van der Waals surface area contributed by atoms with E-state index in [1.54, 1.807) is 29.2 Å². The second-order valence-corrected chi connectivity index (χ2v) is 7.97. The summed E-state index contributed by atoms with van der Waals surface area (Å²) >= 11 is 0. The first kappa shape index (κ1) is 22.0. The summed E-state index contributed by atoms with van der Waals surface area (Å²) in [6.45, 7) is 2.31. The van der Waals surface area contributed by atoms with Gasteiger partial charge in [0.15, 0.2) is 0 Å². The molecule has 4 amide bonds. The Labute approximate surface area is 185 Å². The zero-order valence-corrected chi connectivity index (χ0v) is 17.8. The van der Waals surface area contributed by atoms with E-state index in [-0.39, 0.29) is 42.8 Å². The fourth-order valence-corrected chi connectivity index (χ4v) is 4.19. The van der Waals surface area contributed by atoms with Crippen LogP contribution in [0.4, 0.5) is 5.69 Å². The Bertz CT molecular complexity index is 956. The topological polar surface area (TPSA) is 117 Å². The average molecular weight is 442 g/mol. The fourth-order valence-electron chi connectivity index (χ4n) is 4.19. The van der Waals surface area contributed by atoms with Crippen LogP contribution in [0.2, 0.25) is 0 Å². The highest BCUT2D eigenvalue weighted by Crippen LogP contribution is 2.30. The van der Waals surface area contributed by atoms with Crippen LogP contribution in [0.1, 0.15) is 22.3 Å². The van der Waals surface area contributed by atoms with E-state index in [0.717, 1.165) is 0 Å². The van der Waals surface area contributed by atoms with Gasteiger partial charge in [0.1, 0.15) is 12.6 Å². The maximum Gasteiger partial charge on any atom is 0.256 e. The summed E-state index contributed by atoms with van der Waals surface area (Å²) in [6, 6.07) is 4.10. The number of methoxy groups -OCH3 is 1. The number of nitrogens with zero attached hydrogens (tertiary/aromatic N) is 2. The summed E-state index contributed by atoms with van der Waals surface area (Å²) in [5, 5.41) is 5.61. The van der Waals surface area contributed by atoms with Crippen molar-refractivity contribution in [3.63, 3.8) is 0 Å². The fraction of sp³-hybridized carbons (Fsp3) is 0.455. The van der Waals surface area contributed by atoms with Crippen LogP contribution in [0.15, 0.2) is 24.3 Å². The van der Waals surface area contributed by atoms with Gasteiger partial charge in [-0.2, -0.15) is 0 Å². The highest BCUT2D eigenvalue weighted by atomic mass is 16.5. The lowest BCUT2D eigenvalue weighted by Gasteiger charge is -2.25. The number of amides is 4. The lowest BCUT2D eigenvalue weighted by molar-refractivity contribution is -0.130. The van der Waals surface area contributed by atoms with Crippen molar-refractivity contribution in [2.45, 2.75) is 18.5 Å². The summed E-state index contributed by atoms with van der Waals surface area (Å²) in [5.41, 5.74) is 1.47. The molecule has 2 N–H and O–H groups in total. The van der Waals surface area contributed by atoms with E-state index < -0.39 is 6.04 Å². The Morgan fingerprint density at radius 2 is 2.06 bits per heavy atom. The number of anilines is 1. The Morgan fingerprint density at radius 3 is 2.81 bits per heavy atom. The van der Waals surface area contributed by atoms with Gasteiger partial charge in [-0.1, -0.05) is 6.07 Å². The van der Waals surface area contributed by atoms with Gasteiger partial charge in [0.25, 0.3) is 5.91 Å². The smallest absolute Gasteiger partial charge is 0.256 e. The van der Waals surface area contributed by atoms with Crippen LogP contribution in [0.25, 0.3) is 6.08 Å². The van der Waals surface area contributed by atoms with Crippen molar-refractivity contribution in [2.75, 3.05) is 51.9 Å². The van der Waals surface area contributed by atoms with E-state index in [9.17, 15) is 19.2 Å². The maximum absolute atomic E-state index is 13.2. The molecule has 10 heteroatoms. The van der Waals surface area contributed by atoms with Crippen molar-refractivity contribution in [3.8, 4) is 0 Å². The molecule has 10 nitrogen and oxygen atoms in total. The third-order valence-corrected chi connectivity index (χ3v) is 5.78. The zero-order chi connectivity index (χ0) is 22.7. The second-order valence-electron chi connectivity index (χ2n) is 7.97. The van der Waals surface area contributed by atoms with Crippen LogP contribution < -0.4 is 10.6 Å². The first-order valence-corrected chi connectivity index (χ1v) is 10.5. The maximum atomic E-state index is 13.2. The van der Waals surface area contributed by atoms with Crippen LogP contribution in [-0.4, -0.2) is 92.1 Å². The molecule has 4 rings (SSSR count). The first-order chi connectivity index (χ1) is 15.5. The second kappa shape index (κ2) is 9.49. The molecule has 0 bridgehead atoms. The molecule has 1 aromatic carbocycles. The van der Waals surface area contributed by atoms with Gasteiger partial charge in [0.2, 0.25) is 17.7 Å². The minimum Gasteiger partial charge on any atom is -0.378 e. The Morgan fingerprint density at radius 1 is 1.28 bits per heavy atom. The third-order valence-electron chi connectivity index (χ3n) is 5.78. The standard InChI is InChI=1S/C22H26N4O6/c1-31-13-19(27)23-15-11-18-21(29)24-17-4-2-14(10-16(17)22(30)26(18)12-15)3-5-20(28)25-6-8-32-9-7-25/h2-5,10,15,18H,6-9,11-13H2,1H3,(H,23,27)(H,24,29). The van der Waals surface area contributed by atoms with Gasteiger partial charge in [-0.25, -0.2) is 0 Å². The molecule has 3 heterocycles. The summed E-state index contributed by atoms with van der Waals surface area (Å²) in [6.07, 6.45) is 3.47. The molecular formula is C22H26N4O6. The number of morpholine rings is 1. The largest absolute Gasteiger partial charge is 0.378 e. The van der Waals surface area contributed by atoms with E-state index >= 15 is 0 Å². The van der Waals surface area contributed by atoms with Crippen molar-refractivity contribution in [1.82, 2.24) is 15.1 Å². The van der Waals surface area contributed by atoms with Gasteiger partial charge in [-0.15, -0.1) is 0 Å². The monoisotopic (exact) mass is 442 g/mol. The molecule has 1 aromatic rings. The number of ether oxygens (including phenoxy) is 2. The van der Waals surface area contributed by atoms with Crippen molar-refractivity contribution >= 4 is 35.4 Å². The Balaban J connectivity index is 1.50. The number of hydrogen-bond donors (Lipinski definition) is 2. The van der Waals surface area contributed by atoms with E-state index in [2.05, 4.69) is 10.6 Å². The van der Waals surface area contributed by atoms with Crippen molar-refractivity contribution in [1.29, 1.82) is 0 Å². The van der Waals surface area contributed by atoms with E-state index in [1.165, 1.54) is 18.1 Å². The Hall–Kier alpha value is -3.24. The highest BCUT2D eigenvalue weighted by Gasteiger charge is 2.43. The molecule has 0 aliphatic carbocycles. The van der Waals surface area contributed by atoms with Crippen LogP contribution in [-0.2, 0) is 23.9 Å². The van der Waals surface area contributed by atoms with E-state index in [4.69, 9.17) is 9.47 Å². The molecule has 2 atom stereocenters. The molecule has 0 spiro atoms. The lowest BCUT2D eigenvalue weighted by Crippen LogP contribution is -2.41. The third kappa shape index (κ3) is 4.66. The van der Waals surface area contributed by atoms with Gasteiger partial charge >= 0.3 is 0 Å². The number of carbonyl (C=O) groups excluding carboxylic acids is 4. The van der Waals surface area contributed by atoms with Crippen molar-refractivity contribution in [2.24, 2.45) is 0 Å². The number of hydrogen-bond acceptors (Lipinski definition) is 6. The zero-order valence-electron chi connectivity index (χ0n) is 17.8. The molecule has 170 valence electrons. The molecule has 2 fully saturated rings. The number of carbonyl (C=O) groups is 4. The summed E-state index contributed by atoms with van der Waals surface area (Å²) in [4.78, 5) is 53.3. The lowest BCUT2D eigenvalue weighted by atomic mass is 10.1. The molecule has 0 aromatic heterocycles. The molecule has 3 aliphatic rings. The van der Waals surface area contributed by atoms with Crippen LogP contribution >= 0.6 is 0 Å². The quantitative estimate of drug-likeness (QED) is 0.613. The van der Waals surface area contributed by atoms with Gasteiger partial charge < -0.3 is 29.9 Å². The SMILES string of the molecule is COCC(=O)NC1CC2C(=O)Nc3ccc(C=CC(=O)N4CCOCC4)cc3C(=O)N2C1. The predicted molar refractivity (Wildman–Crippen MR) is 115 cm³/mol. The van der Waals surface area contributed by atoms with E-state index in [1.807, 2.05) is 0 Å². The minimum atomic E-state index is -0.662. The van der Waals surface area contributed by atoms with Gasteiger partial charge in [-0.05, 0) is 30.2 Å². The van der Waals surface area contributed by atoms with E-state index in [0.29, 0.717) is 49.5 Å². The Kier molecular flexibility index (Phi) is 6.52. The van der Waals surface area contributed by atoms with Crippen LogP contribution in [0, 0.1) is 0 Å². The summed E-state index contributed by atoms with van der Waals surface area (Å²) < 4.78 is 10.1. The summed E-state index contributed by atoms with van der Waals surface area (Å²) in [7, 11) is 1.43. The normalized spacial score (nSPS) is 22.9. The van der Waals surface area contributed by atoms with Gasteiger partial charge in [0, 0.05) is 38.9 Å². The highest BCUT2D eigenvalue weighted by molar-refractivity contribution is 6.10. The van der Waals surface area contributed by atoms with Gasteiger partial charge in [-0.3, -0.25) is 19.2 Å². The molecule has 3 aliphatic heterocycles.